The number of hydrogen-bond donors (Lipinski definition) is 0. The molecule has 0 N–H and O–H groups in total. The zero-order valence-electron chi connectivity index (χ0n) is 12.5. The third kappa shape index (κ3) is 5.18. The molecule has 2 unspecified atom stereocenters. The molecule has 5 nitrogen and oxygen atoms in total. The average Bonchev–Trinajstić information content (AvgIpc) is 2.80. The van der Waals surface area contributed by atoms with Crippen LogP contribution in [-0.2, 0) is 15.7 Å². The van der Waals surface area contributed by atoms with E-state index in [0.29, 0.717) is 18.3 Å². The largest absolute Gasteiger partial charge is 0.433 e. The van der Waals surface area contributed by atoms with Crippen LogP contribution >= 0.6 is 11.8 Å². The van der Waals surface area contributed by atoms with Crippen LogP contribution in [-0.4, -0.2) is 39.5 Å². The Labute approximate surface area is 134 Å². The van der Waals surface area contributed by atoms with Gasteiger partial charge in [0.2, 0.25) is 0 Å². The number of fused-ring (bicyclic) bond motifs is 1. The van der Waals surface area contributed by atoms with Gasteiger partial charge in [-0.3, -0.25) is 4.94 Å². The van der Waals surface area contributed by atoms with E-state index in [1.807, 2.05) is 25.6 Å². The van der Waals surface area contributed by atoms with Crippen LogP contribution in [0.15, 0.2) is 12.3 Å². The molecule has 0 radical (unpaired) electrons. The van der Waals surface area contributed by atoms with Crippen molar-refractivity contribution in [1.29, 1.82) is 0 Å². The van der Waals surface area contributed by atoms with Crippen molar-refractivity contribution in [3.8, 4) is 6.01 Å². The molecule has 3 rings (SSSR count). The quantitative estimate of drug-likeness (QED) is 0.719. The summed E-state index contributed by atoms with van der Waals surface area (Å²) in [4.78, 5) is 8.72. The average molecular weight is 356 g/mol. The standard InChI is InChI=1S/C8H14O2S.C5H2F4N2O/c1-8(2)9-6-3-4-11-5-7(6)10-8;6-5(7,8)3-1-2-10-4(11-3)12-9/h6-7H,3-5H2,1-2H3;1-2H. The van der Waals surface area contributed by atoms with Crippen LogP contribution in [0, 0.1) is 0 Å². The number of aromatic nitrogens is 2. The molecule has 0 aliphatic carbocycles. The van der Waals surface area contributed by atoms with E-state index in [2.05, 4.69) is 14.9 Å². The lowest BCUT2D eigenvalue weighted by Crippen LogP contribution is -2.29. The first-order chi connectivity index (χ1) is 10.7. The van der Waals surface area contributed by atoms with E-state index in [9.17, 15) is 17.7 Å². The van der Waals surface area contributed by atoms with Gasteiger partial charge in [-0.25, -0.2) is 4.98 Å². The fraction of sp³-hybridized carbons (Fsp3) is 0.692. The molecule has 0 spiro atoms. The highest BCUT2D eigenvalue weighted by molar-refractivity contribution is 7.99. The molecule has 130 valence electrons. The highest BCUT2D eigenvalue weighted by atomic mass is 32.2. The first-order valence-electron chi connectivity index (χ1n) is 6.83. The fourth-order valence-electron chi connectivity index (χ4n) is 2.23. The second-order valence-electron chi connectivity index (χ2n) is 5.38. The number of thioether (sulfide) groups is 1. The molecule has 10 heteroatoms. The Balaban J connectivity index is 0.000000167. The number of rotatable bonds is 1. The van der Waals surface area contributed by atoms with E-state index >= 15 is 0 Å². The minimum Gasteiger partial charge on any atom is -0.345 e. The summed E-state index contributed by atoms with van der Waals surface area (Å²) < 4.78 is 58.2. The number of alkyl halides is 3. The van der Waals surface area contributed by atoms with E-state index in [4.69, 9.17) is 9.47 Å². The van der Waals surface area contributed by atoms with Gasteiger partial charge >= 0.3 is 12.2 Å². The van der Waals surface area contributed by atoms with Crippen molar-refractivity contribution in [2.24, 2.45) is 0 Å². The predicted octanol–water partition coefficient (Wildman–Crippen LogP) is 3.40. The molecule has 0 amide bonds. The van der Waals surface area contributed by atoms with E-state index in [-0.39, 0.29) is 5.79 Å². The summed E-state index contributed by atoms with van der Waals surface area (Å²) in [7, 11) is 0. The lowest BCUT2D eigenvalue weighted by atomic mass is 10.2. The summed E-state index contributed by atoms with van der Waals surface area (Å²) in [6.07, 6.45) is -1.99. The number of halogens is 4. The Kier molecular flexibility index (Phi) is 5.69. The summed E-state index contributed by atoms with van der Waals surface area (Å²) in [6.45, 7) is 3.99. The molecule has 2 saturated heterocycles. The van der Waals surface area contributed by atoms with Gasteiger partial charge in [0.05, 0.1) is 12.2 Å². The molecule has 2 fully saturated rings. The number of nitrogens with zero attached hydrogens (tertiary/aromatic N) is 2. The molecular formula is C13H16F4N2O3S. The van der Waals surface area contributed by atoms with Crippen LogP contribution in [0.3, 0.4) is 0 Å². The molecular weight excluding hydrogens is 340 g/mol. The lowest BCUT2D eigenvalue weighted by Gasteiger charge is -2.20. The zero-order valence-corrected chi connectivity index (χ0v) is 13.3. The second kappa shape index (κ2) is 7.18. The van der Waals surface area contributed by atoms with Crippen molar-refractivity contribution in [2.75, 3.05) is 11.5 Å². The molecule has 0 aromatic carbocycles. The van der Waals surface area contributed by atoms with Gasteiger partial charge in [-0.2, -0.15) is 29.9 Å². The van der Waals surface area contributed by atoms with Crippen molar-refractivity contribution in [1.82, 2.24) is 9.97 Å². The van der Waals surface area contributed by atoms with Crippen molar-refractivity contribution < 1.29 is 32.1 Å². The Bertz CT molecular complexity index is 514. The van der Waals surface area contributed by atoms with Crippen LogP contribution < -0.4 is 4.94 Å². The fourth-order valence-corrected chi connectivity index (χ4v) is 3.31. The molecule has 2 atom stereocenters. The third-order valence-corrected chi connectivity index (χ3v) is 4.20. The molecule has 2 aliphatic heterocycles. The summed E-state index contributed by atoms with van der Waals surface area (Å²) in [6, 6.07) is -0.340. The van der Waals surface area contributed by atoms with Crippen LogP contribution in [0.2, 0.25) is 0 Å². The Hall–Kier alpha value is -1.13. The van der Waals surface area contributed by atoms with Gasteiger partial charge in [0.1, 0.15) is 0 Å². The maximum atomic E-state index is 11.8. The molecule has 1 aromatic rings. The SMILES string of the molecule is CC1(C)OC2CCSCC2O1.FOc1nccc(C(F)(F)F)n1. The van der Waals surface area contributed by atoms with Crippen LogP contribution in [0.4, 0.5) is 17.7 Å². The number of hydrogen-bond acceptors (Lipinski definition) is 6. The summed E-state index contributed by atoms with van der Waals surface area (Å²) in [5.74, 6) is 1.99. The molecule has 0 bridgehead atoms. The van der Waals surface area contributed by atoms with Crippen LogP contribution in [0.5, 0.6) is 6.01 Å². The van der Waals surface area contributed by atoms with E-state index < -0.39 is 17.9 Å². The van der Waals surface area contributed by atoms with Gasteiger partial charge in [-0.15, -0.1) is 0 Å². The van der Waals surface area contributed by atoms with Gasteiger partial charge in [0.25, 0.3) is 0 Å². The first-order valence-corrected chi connectivity index (χ1v) is 7.99. The maximum absolute atomic E-state index is 11.8. The van der Waals surface area contributed by atoms with Crippen molar-refractivity contribution in [2.45, 2.75) is 44.4 Å². The summed E-state index contributed by atoms with van der Waals surface area (Å²) in [5, 5.41) is 0. The minimum absolute atomic E-state index is 0.333. The maximum Gasteiger partial charge on any atom is 0.433 e. The smallest absolute Gasteiger partial charge is 0.345 e. The van der Waals surface area contributed by atoms with Crippen molar-refractivity contribution >= 4 is 11.8 Å². The first kappa shape index (κ1) is 18.2. The number of ether oxygens (including phenoxy) is 2. The topological polar surface area (TPSA) is 53.5 Å². The Morgan fingerprint density at radius 2 is 2.00 bits per heavy atom. The second-order valence-corrected chi connectivity index (χ2v) is 6.53. The molecule has 23 heavy (non-hydrogen) atoms. The highest BCUT2D eigenvalue weighted by Gasteiger charge is 2.42. The van der Waals surface area contributed by atoms with Crippen molar-refractivity contribution in [3.05, 3.63) is 18.0 Å². The Morgan fingerprint density at radius 3 is 2.61 bits per heavy atom. The predicted molar refractivity (Wildman–Crippen MR) is 74.5 cm³/mol. The molecule has 0 saturated carbocycles. The van der Waals surface area contributed by atoms with Gasteiger partial charge in [0, 0.05) is 16.5 Å². The zero-order chi connectivity index (χ0) is 17.1. The van der Waals surface area contributed by atoms with Gasteiger partial charge < -0.3 is 9.47 Å². The summed E-state index contributed by atoms with van der Waals surface area (Å²) >= 11 is 1.97. The van der Waals surface area contributed by atoms with Crippen LogP contribution in [0.25, 0.3) is 0 Å². The van der Waals surface area contributed by atoms with Gasteiger partial charge in [0.15, 0.2) is 11.5 Å². The lowest BCUT2D eigenvalue weighted by molar-refractivity contribution is -0.144. The van der Waals surface area contributed by atoms with Gasteiger partial charge in [-0.1, -0.05) is 0 Å². The van der Waals surface area contributed by atoms with Gasteiger partial charge in [-0.05, 0) is 32.1 Å². The molecule has 2 aliphatic rings. The minimum atomic E-state index is -4.61. The normalized spacial score (nSPS) is 26.0. The highest BCUT2D eigenvalue weighted by Crippen LogP contribution is 2.35. The van der Waals surface area contributed by atoms with E-state index in [0.717, 1.165) is 18.4 Å². The van der Waals surface area contributed by atoms with E-state index in [1.165, 1.54) is 5.75 Å². The Morgan fingerprint density at radius 1 is 1.30 bits per heavy atom. The van der Waals surface area contributed by atoms with E-state index in [1.54, 1.807) is 0 Å². The molecule has 3 heterocycles. The third-order valence-electron chi connectivity index (χ3n) is 3.11. The summed E-state index contributed by atoms with van der Waals surface area (Å²) in [5.41, 5.74) is -1.25. The van der Waals surface area contributed by atoms with Crippen LogP contribution in [0.1, 0.15) is 26.0 Å². The van der Waals surface area contributed by atoms with Crippen molar-refractivity contribution in [3.63, 3.8) is 0 Å². The monoisotopic (exact) mass is 356 g/mol. The molecule has 1 aromatic heterocycles.